The zero-order valence-electron chi connectivity index (χ0n) is 13.9. The molecule has 4 rings (SSSR count). The van der Waals surface area contributed by atoms with Crippen LogP contribution in [-0.2, 0) is 4.79 Å². The van der Waals surface area contributed by atoms with Crippen LogP contribution in [0.2, 0.25) is 0 Å². The molecule has 3 saturated carbocycles. The fraction of sp³-hybridized carbons (Fsp3) is 0.737. The average Bonchev–Trinajstić information content (AvgIpc) is 2.73. The summed E-state index contributed by atoms with van der Waals surface area (Å²) in [6.45, 7) is 4.37. The lowest BCUT2D eigenvalue weighted by atomic mass is 9.47. The molecule has 4 aliphatic rings. The van der Waals surface area contributed by atoms with Crippen LogP contribution in [0.15, 0.2) is 23.8 Å². The molecule has 0 aromatic carbocycles. The van der Waals surface area contributed by atoms with Crippen LogP contribution in [0.1, 0.15) is 39.5 Å². The van der Waals surface area contributed by atoms with Gasteiger partial charge in [-0.05, 0) is 42.4 Å². The van der Waals surface area contributed by atoms with Gasteiger partial charge in [0.05, 0.1) is 18.2 Å². The van der Waals surface area contributed by atoms with Gasteiger partial charge in [-0.25, -0.2) is 0 Å². The van der Waals surface area contributed by atoms with E-state index < -0.39 is 12.2 Å². The summed E-state index contributed by atoms with van der Waals surface area (Å²) in [4.78, 5) is 12.3. The molecule has 0 saturated heterocycles. The van der Waals surface area contributed by atoms with E-state index in [-0.39, 0.29) is 34.5 Å². The first-order chi connectivity index (χ1) is 10.8. The fourth-order valence-electron chi connectivity index (χ4n) is 6.13. The van der Waals surface area contributed by atoms with E-state index >= 15 is 0 Å². The SMILES string of the molecule is C[C@]12C=CC(O)C=C1CC(O)[C@@H]1[C@H]2CC[C@]2(C)C(N)C(=O)C[C@@H]12. The van der Waals surface area contributed by atoms with Crippen LogP contribution in [0.5, 0.6) is 0 Å². The molecule has 3 unspecified atom stereocenters. The van der Waals surface area contributed by atoms with E-state index in [4.69, 9.17) is 5.73 Å². The molecule has 126 valence electrons. The number of carbonyl (C=O) groups is 1. The van der Waals surface area contributed by atoms with Crippen molar-refractivity contribution < 1.29 is 15.0 Å². The molecule has 0 radical (unpaired) electrons. The Morgan fingerprint density at radius 2 is 1.96 bits per heavy atom. The standard InChI is InChI=1S/C19H27NO3/c1-18-5-3-11(21)7-10(18)8-14(22)16-12(18)4-6-19(2)13(16)9-15(23)17(19)20/h3,5,7,11-14,16-17,21-22H,4,6,8-9,20H2,1-2H3/t11?,12-,13+,14?,16-,17?,18+,19+/m1/s1. The maximum Gasteiger partial charge on any atom is 0.150 e. The molecule has 0 amide bonds. The molecule has 0 heterocycles. The molecule has 4 nitrogen and oxygen atoms in total. The van der Waals surface area contributed by atoms with Crippen LogP contribution >= 0.6 is 0 Å². The number of aliphatic hydroxyl groups is 2. The highest BCUT2D eigenvalue weighted by Crippen LogP contribution is 2.63. The number of hydrogen-bond acceptors (Lipinski definition) is 4. The minimum absolute atomic E-state index is 0.111. The maximum absolute atomic E-state index is 12.3. The Bertz CT molecular complexity index is 612. The predicted molar refractivity (Wildman–Crippen MR) is 87.4 cm³/mol. The third kappa shape index (κ3) is 1.92. The van der Waals surface area contributed by atoms with Crippen LogP contribution < -0.4 is 5.73 Å². The largest absolute Gasteiger partial charge is 0.392 e. The first-order valence-electron chi connectivity index (χ1n) is 8.82. The van der Waals surface area contributed by atoms with Crippen molar-refractivity contribution >= 4 is 5.78 Å². The highest BCUT2D eigenvalue weighted by Gasteiger charge is 2.62. The molecule has 0 spiro atoms. The minimum Gasteiger partial charge on any atom is -0.392 e. The molecule has 4 heteroatoms. The van der Waals surface area contributed by atoms with Crippen molar-refractivity contribution in [3.8, 4) is 0 Å². The second-order valence-corrected chi connectivity index (χ2v) is 8.58. The summed E-state index contributed by atoms with van der Waals surface area (Å²) in [5.74, 6) is 0.773. The van der Waals surface area contributed by atoms with Crippen molar-refractivity contribution in [1.82, 2.24) is 0 Å². The number of allylic oxidation sites excluding steroid dienone is 1. The molecule has 23 heavy (non-hydrogen) atoms. The predicted octanol–water partition coefficient (Wildman–Crippen LogP) is 1.56. The summed E-state index contributed by atoms with van der Waals surface area (Å²) in [6.07, 6.45) is 7.93. The third-order valence-electron chi connectivity index (χ3n) is 7.60. The lowest BCUT2D eigenvalue weighted by Crippen LogP contribution is -2.56. The van der Waals surface area contributed by atoms with E-state index in [1.165, 1.54) is 0 Å². The first-order valence-corrected chi connectivity index (χ1v) is 8.82. The smallest absolute Gasteiger partial charge is 0.150 e. The van der Waals surface area contributed by atoms with Gasteiger partial charge in [0, 0.05) is 11.8 Å². The van der Waals surface area contributed by atoms with Crippen LogP contribution in [0, 0.1) is 28.6 Å². The summed E-state index contributed by atoms with van der Waals surface area (Å²) in [5, 5.41) is 20.8. The van der Waals surface area contributed by atoms with Gasteiger partial charge in [0.25, 0.3) is 0 Å². The summed E-state index contributed by atoms with van der Waals surface area (Å²) in [7, 11) is 0. The molecule has 4 aliphatic carbocycles. The fourth-order valence-corrected chi connectivity index (χ4v) is 6.13. The van der Waals surface area contributed by atoms with Crippen molar-refractivity contribution in [2.45, 2.75) is 57.8 Å². The van der Waals surface area contributed by atoms with E-state index in [1.54, 1.807) is 0 Å². The highest BCUT2D eigenvalue weighted by molar-refractivity contribution is 5.87. The molecular weight excluding hydrogens is 290 g/mol. The lowest BCUT2D eigenvalue weighted by molar-refractivity contribution is -0.119. The first kappa shape index (κ1) is 15.6. The molecule has 0 aromatic rings. The van der Waals surface area contributed by atoms with Gasteiger partial charge in [0.2, 0.25) is 0 Å². The summed E-state index contributed by atoms with van der Waals surface area (Å²) < 4.78 is 0. The number of hydrogen-bond donors (Lipinski definition) is 3. The van der Waals surface area contributed by atoms with Crippen LogP contribution in [-0.4, -0.2) is 34.2 Å². The van der Waals surface area contributed by atoms with Crippen LogP contribution in [0.3, 0.4) is 0 Å². The van der Waals surface area contributed by atoms with Gasteiger partial charge in [-0.15, -0.1) is 0 Å². The molecule has 8 atom stereocenters. The Balaban J connectivity index is 1.75. The van der Waals surface area contributed by atoms with Crippen molar-refractivity contribution in [3.63, 3.8) is 0 Å². The number of fused-ring (bicyclic) bond motifs is 5. The van der Waals surface area contributed by atoms with E-state index in [0.29, 0.717) is 18.8 Å². The quantitative estimate of drug-likeness (QED) is 0.592. The Morgan fingerprint density at radius 1 is 1.22 bits per heavy atom. The van der Waals surface area contributed by atoms with E-state index in [2.05, 4.69) is 19.9 Å². The molecule has 0 aromatic heterocycles. The maximum atomic E-state index is 12.3. The lowest BCUT2D eigenvalue weighted by Gasteiger charge is -2.58. The van der Waals surface area contributed by atoms with Gasteiger partial charge >= 0.3 is 0 Å². The molecule has 3 fully saturated rings. The van der Waals surface area contributed by atoms with Crippen molar-refractivity contribution in [3.05, 3.63) is 23.8 Å². The number of ketones is 1. The summed E-state index contributed by atoms with van der Waals surface area (Å²) in [6, 6.07) is -0.380. The molecule has 0 bridgehead atoms. The van der Waals surface area contributed by atoms with Gasteiger partial charge in [-0.2, -0.15) is 0 Å². The molecule has 0 aliphatic heterocycles. The van der Waals surface area contributed by atoms with Gasteiger partial charge in [-0.1, -0.05) is 37.6 Å². The Labute approximate surface area is 137 Å². The van der Waals surface area contributed by atoms with Gasteiger partial charge in [-0.3, -0.25) is 4.79 Å². The average molecular weight is 317 g/mol. The van der Waals surface area contributed by atoms with E-state index in [1.807, 2.05) is 12.2 Å². The van der Waals surface area contributed by atoms with Crippen LogP contribution in [0.4, 0.5) is 0 Å². The monoisotopic (exact) mass is 317 g/mol. The van der Waals surface area contributed by atoms with E-state index in [9.17, 15) is 15.0 Å². The van der Waals surface area contributed by atoms with Crippen molar-refractivity contribution in [2.75, 3.05) is 0 Å². The number of rotatable bonds is 0. The number of aliphatic hydroxyl groups excluding tert-OH is 2. The summed E-state index contributed by atoms with van der Waals surface area (Å²) >= 11 is 0. The normalized spacial score (nSPS) is 55.0. The molecule has 4 N–H and O–H groups in total. The second-order valence-electron chi connectivity index (χ2n) is 8.58. The van der Waals surface area contributed by atoms with Gasteiger partial charge in [0.1, 0.15) is 5.78 Å². The number of Topliss-reactive ketones (excluding diaryl/α,β-unsaturated/α-hetero) is 1. The Kier molecular flexibility index (Phi) is 3.23. The van der Waals surface area contributed by atoms with E-state index in [0.717, 1.165) is 18.4 Å². The minimum atomic E-state index is -0.544. The summed E-state index contributed by atoms with van der Waals surface area (Å²) in [5.41, 5.74) is 7.10. The zero-order chi connectivity index (χ0) is 16.6. The number of carbonyl (C=O) groups excluding carboxylic acids is 1. The molecular formula is C19H27NO3. The number of nitrogens with two attached hydrogens (primary N) is 1. The van der Waals surface area contributed by atoms with Crippen molar-refractivity contribution in [1.29, 1.82) is 0 Å². The zero-order valence-corrected chi connectivity index (χ0v) is 13.9. The second kappa shape index (κ2) is 4.78. The third-order valence-corrected chi connectivity index (χ3v) is 7.60. The van der Waals surface area contributed by atoms with Gasteiger partial charge < -0.3 is 15.9 Å². The topological polar surface area (TPSA) is 83.6 Å². The van der Waals surface area contributed by atoms with Gasteiger partial charge in [0.15, 0.2) is 0 Å². The van der Waals surface area contributed by atoms with Crippen LogP contribution in [0.25, 0.3) is 0 Å². The highest BCUT2D eigenvalue weighted by atomic mass is 16.3. The van der Waals surface area contributed by atoms with Crippen molar-refractivity contribution in [2.24, 2.45) is 34.3 Å². The Hall–Kier alpha value is -0.970. The Morgan fingerprint density at radius 3 is 2.70 bits per heavy atom.